The molecule has 90 valence electrons. The average molecular weight is 214 g/mol. The van der Waals surface area contributed by atoms with E-state index in [4.69, 9.17) is 0 Å². The molecule has 1 heterocycles. The molecule has 1 saturated heterocycles. The van der Waals surface area contributed by atoms with Gasteiger partial charge in [-0.2, -0.15) is 0 Å². The Morgan fingerprint density at radius 3 is 2.87 bits per heavy atom. The van der Waals surface area contributed by atoms with E-state index in [1.54, 1.807) is 0 Å². The molecule has 3 unspecified atom stereocenters. The van der Waals surface area contributed by atoms with Gasteiger partial charge in [-0.1, -0.05) is 13.8 Å². The first-order valence-corrected chi connectivity index (χ1v) is 6.22. The van der Waals surface area contributed by atoms with Gasteiger partial charge in [-0.15, -0.1) is 0 Å². The summed E-state index contributed by atoms with van der Waals surface area (Å²) in [4.78, 5) is 0. The van der Waals surface area contributed by atoms with E-state index >= 15 is 0 Å². The van der Waals surface area contributed by atoms with Crippen LogP contribution >= 0.6 is 0 Å². The van der Waals surface area contributed by atoms with Crippen LogP contribution in [0, 0.1) is 5.92 Å². The molecule has 1 rings (SSSR count). The third-order valence-electron chi connectivity index (χ3n) is 3.33. The van der Waals surface area contributed by atoms with Crippen LogP contribution in [0.1, 0.15) is 40.0 Å². The van der Waals surface area contributed by atoms with E-state index in [0.717, 1.165) is 31.8 Å². The molecule has 0 aliphatic carbocycles. The first-order chi connectivity index (χ1) is 7.06. The van der Waals surface area contributed by atoms with Crippen LogP contribution in [0.25, 0.3) is 0 Å². The van der Waals surface area contributed by atoms with Crippen molar-refractivity contribution in [2.45, 2.75) is 51.7 Å². The monoisotopic (exact) mass is 214 g/mol. The second kappa shape index (κ2) is 5.83. The number of hydrogen-bond acceptors (Lipinski definition) is 3. The average Bonchev–Trinajstić information content (AvgIpc) is 2.18. The van der Waals surface area contributed by atoms with Crippen molar-refractivity contribution < 1.29 is 5.11 Å². The molecule has 0 spiro atoms. The molecule has 0 radical (unpaired) electrons. The van der Waals surface area contributed by atoms with Crippen molar-refractivity contribution >= 4 is 0 Å². The van der Waals surface area contributed by atoms with Crippen molar-refractivity contribution in [2.24, 2.45) is 5.92 Å². The largest absolute Gasteiger partial charge is 0.387 e. The van der Waals surface area contributed by atoms with Crippen LogP contribution in [0.5, 0.6) is 0 Å². The van der Waals surface area contributed by atoms with E-state index in [1.807, 2.05) is 6.92 Å². The Hall–Kier alpha value is -0.120. The lowest BCUT2D eigenvalue weighted by molar-refractivity contribution is 0.00400. The molecular formula is C12H26N2O. The molecule has 1 aliphatic rings. The highest BCUT2D eigenvalue weighted by Gasteiger charge is 2.34. The summed E-state index contributed by atoms with van der Waals surface area (Å²) in [5.41, 5.74) is -0.621. The molecule has 3 atom stereocenters. The lowest BCUT2D eigenvalue weighted by atomic mass is 9.84. The fraction of sp³-hybridized carbons (Fsp3) is 1.00. The van der Waals surface area contributed by atoms with Gasteiger partial charge in [0.25, 0.3) is 0 Å². The molecule has 0 saturated carbocycles. The first kappa shape index (κ1) is 12.9. The van der Waals surface area contributed by atoms with Gasteiger partial charge >= 0.3 is 0 Å². The Morgan fingerprint density at radius 1 is 1.53 bits per heavy atom. The van der Waals surface area contributed by atoms with Gasteiger partial charge in [-0.05, 0) is 45.2 Å². The van der Waals surface area contributed by atoms with E-state index in [0.29, 0.717) is 6.54 Å². The number of aliphatic hydroxyl groups is 1. The van der Waals surface area contributed by atoms with Crippen LogP contribution in [0.2, 0.25) is 0 Å². The predicted octanol–water partition coefficient (Wildman–Crippen LogP) is 1.13. The molecule has 1 aliphatic heterocycles. The number of piperidine rings is 1. The standard InChI is InChI=1S/C12H26N2O/c1-4-6-13-9-12(3,15)11-8-10(2)5-7-14-11/h10-11,13-15H,4-9H2,1-3H3. The highest BCUT2D eigenvalue weighted by Crippen LogP contribution is 2.22. The maximum Gasteiger partial charge on any atom is 0.0895 e. The summed E-state index contributed by atoms with van der Waals surface area (Å²) in [6, 6.07) is 0.241. The molecule has 1 fully saturated rings. The third-order valence-corrected chi connectivity index (χ3v) is 3.33. The maximum absolute atomic E-state index is 10.4. The van der Waals surface area contributed by atoms with E-state index in [-0.39, 0.29) is 6.04 Å². The smallest absolute Gasteiger partial charge is 0.0895 e. The molecule has 3 N–H and O–H groups in total. The minimum absolute atomic E-state index is 0.241. The highest BCUT2D eigenvalue weighted by atomic mass is 16.3. The van der Waals surface area contributed by atoms with Gasteiger partial charge in [-0.25, -0.2) is 0 Å². The summed E-state index contributed by atoms with van der Waals surface area (Å²) >= 11 is 0. The molecular weight excluding hydrogens is 188 g/mol. The summed E-state index contributed by atoms with van der Waals surface area (Å²) in [6.45, 7) is 9.05. The molecule has 0 aromatic rings. The van der Waals surface area contributed by atoms with Crippen LogP contribution in [-0.2, 0) is 0 Å². The molecule has 0 amide bonds. The van der Waals surface area contributed by atoms with E-state index < -0.39 is 5.60 Å². The lowest BCUT2D eigenvalue weighted by Gasteiger charge is -2.38. The normalized spacial score (nSPS) is 31.2. The second-order valence-corrected chi connectivity index (χ2v) is 5.17. The number of rotatable bonds is 5. The summed E-state index contributed by atoms with van der Waals surface area (Å²) < 4.78 is 0. The van der Waals surface area contributed by atoms with Crippen LogP contribution in [0.4, 0.5) is 0 Å². The zero-order valence-electron chi connectivity index (χ0n) is 10.3. The van der Waals surface area contributed by atoms with Gasteiger partial charge < -0.3 is 15.7 Å². The SMILES string of the molecule is CCCNCC(C)(O)C1CC(C)CCN1. The van der Waals surface area contributed by atoms with Crippen molar-refractivity contribution in [2.75, 3.05) is 19.6 Å². The maximum atomic E-state index is 10.4. The van der Waals surface area contributed by atoms with Crippen molar-refractivity contribution in [3.63, 3.8) is 0 Å². The fourth-order valence-electron chi connectivity index (χ4n) is 2.22. The van der Waals surface area contributed by atoms with E-state index in [9.17, 15) is 5.11 Å². The lowest BCUT2D eigenvalue weighted by Crippen LogP contribution is -2.57. The second-order valence-electron chi connectivity index (χ2n) is 5.17. The Labute approximate surface area is 93.6 Å². The van der Waals surface area contributed by atoms with Crippen LogP contribution < -0.4 is 10.6 Å². The molecule has 3 heteroatoms. The van der Waals surface area contributed by atoms with Crippen molar-refractivity contribution in [3.8, 4) is 0 Å². The van der Waals surface area contributed by atoms with Gasteiger partial charge in [0.2, 0.25) is 0 Å². The Bertz CT molecular complexity index is 182. The first-order valence-electron chi connectivity index (χ1n) is 6.22. The Balaban J connectivity index is 2.37. The summed E-state index contributed by atoms with van der Waals surface area (Å²) in [6.07, 6.45) is 3.43. The van der Waals surface area contributed by atoms with Gasteiger partial charge in [0.15, 0.2) is 0 Å². The highest BCUT2D eigenvalue weighted by molar-refractivity contribution is 4.92. The van der Waals surface area contributed by atoms with E-state index in [1.165, 1.54) is 6.42 Å². The van der Waals surface area contributed by atoms with Crippen LogP contribution in [0.3, 0.4) is 0 Å². The van der Waals surface area contributed by atoms with Gasteiger partial charge in [0.05, 0.1) is 5.60 Å². The van der Waals surface area contributed by atoms with Gasteiger partial charge in [0.1, 0.15) is 0 Å². The molecule has 0 aromatic carbocycles. The number of hydrogen-bond donors (Lipinski definition) is 3. The molecule has 3 nitrogen and oxygen atoms in total. The molecule has 15 heavy (non-hydrogen) atoms. The Kier molecular flexibility index (Phi) is 5.03. The number of nitrogens with one attached hydrogen (secondary N) is 2. The predicted molar refractivity (Wildman–Crippen MR) is 64.0 cm³/mol. The zero-order chi connectivity index (χ0) is 11.3. The van der Waals surface area contributed by atoms with Crippen LogP contribution in [-0.4, -0.2) is 36.4 Å². The van der Waals surface area contributed by atoms with Crippen molar-refractivity contribution in [3.05, 3.63) is 0 Å². The quantitative estimate of drug-likeness (QED) is 0.601. The molecule has 0 aromatic heterocycles. The van der Waals surface area contributed by atoms with E-state index in [2.05, 4.69) is 24.5 Å². The minimum atomic E-state index is -0.621. The fourth-order valence-corrected chi connectivity index (χ4v) is 2.22. The van der Waals surface area contributed by atoms with Crippen LogP contribution in [0.15, 0.2) is 0 Å². The van der Waals surface area contributed by atoms with Crippen molar-refractivity contribution in [1.82, 2.24) is 10.6 Å². The summed E-state index contributed by atoms with van der Waals surface area (Å²) in [5.74, 6) is 0.730. The third kappa shape index (κ3) is 4.09. The molecule has 0 bridgehead atoms. The Morgan fingerprint density at radius 2 is 2.27 bits per heavy atom. The van der Waals surface area contributed by atoms with Crippen molar-refractivity contribution in [1.29, 1.82) is 0 Å². The minimum Gasteiger partial charge on any atom is -0.387 e. The topological polar surface area (TPSA) is 44.3 Å². The van der Waals surface area contributed by atoms with Gasteiger partial charge in [0, 0.05) is 12.6 Å². The zero-order valence-corrected chi connectivity index (χ0v) is 10.3. The van der Waals surface area contributed by atoms with Gasteiger partial charge in [-0.3, -0.25) is 0 Å². The summed E-state index contributed by atoms with van der Waals surface area (Å²) in [7, 11) is 0. The summed E-state index contributed by atoms with van der Waals surface area (Å²) in [5, 5.41) is 17.1.